The van der Waals surface area contributed by atoms with Crippen LogP contribution in [0, 0.1) is 0 Å². The summed E-state index contributed by atoms with van der Waals surface area (Å²) in [5.41, 5.74) is 0. The summed E-state index contributed by atoms with van der Waals surface area (Å²) < 4.78 is 11.7. The molecule has 1 unspecified atom stereocenters. The molecule has 0 saturated heterocycles. The summed E-state index contributed by atoms with van der Waals surface area (Å²) in [6, 6.07) is 18.7. The molecule has 0 aliphatic rings. The Balaban J connectivity index is 1.45. The Morgan fingerprint density at radius 2 is 1.22 bits per heavy atom. The Labute approximate surface area is 218 Å². The van der Waals surface area contributed by atoms with Crippen molar-refractivity contribution in [1.29, 1.82) is 0 Å². The lowest BCUT2D eigenvalue weighted by Gasteiger charge is -2.19. The first-order chi connectivity index (χ1) is 17.7. The van der Waals surface area contributed by atoms with Gasteiger partial charge in [0.15, 0.2) is 6.10 Å². The van der Waals surface area contributed by atoms with Crippen LogP contribution in [0.25, 0.3) is 21.5 Å². The number of benzene rings is 3. The maximum Gasteiger partial charge on any atom is 0.347 e. The number of unbranched alkanes of at least 4 members (excludes halogenated alkanes) is 12. The van der Waals surface area contributed by atoms with Crippen molar-refractivity contribution in [2.45, 2.75) is 110 Å². The summed E-state index contributed by atoms with van der Waals surface area (Å²) in [6.45, 7) is 4.50. The highest BCUT2D eigenvalue weighted by Crippen LogP contribution is 2.31. The maximum atomic E-state index is 12.7. The summed E-state index contributed by atoms with van der Waals surface area (Å²) in [6.07, 6.45) is 17.2. The van der Waals surface area contributed by atoms with Crippen LogP contribution in [-0.4, -0.2) is 18.7 Å². The van der Waals surface area contributed by atoms with E-state index in [0.717, 1.165) is 29.4 Å². The van der Waals surface area contributed by atoms with Gasteiger partial charge in [0.05, 0.1) is 6.61 Å². The van der Waals surface area contributed by atoms with Crippen molar-refractivity contribution in [2.75, 3.05) is 6.61 Å². The molecular weight excluding hydrogens is 444 g/mol. The topological polar surface area (TPSA) is 35.5 Å². The van der Waals surface area contributed by atoms with Crippen LogP contribution in [-0.2, 0) is 9.53 Å². The van der Waals surface area contributed by atoms with Crippen LogP contribution in [0.2, 0.25) is 0 Å². The number of fused-ring (bicyclic) bond motifs is 2. The second-order valence-corrected chi connectivity index (χ2v) is 10.1. The molecule has 0 aromatic heterocycles. The van der Waals surface area contributed by atoms with Gasteiger partial charge in [-0.2, -0.15) is 0 Å². The van der Waals surface area contributed by atoms with Gasteiger partial charge in [0, 0.05) is 5.39 Å². The molecule has 36 heavy (non-hydrogen) atoms. The number of esters is 1. The van der Waals surface area contributed by atoms with Crippen LogP contribution < -0.4 is 4.74 Å². The highest BCUT2D eigenvalue weighted by molar-refractivity contribution is 6.01. The summed E-state index contributed by atoms with van der Waals surface area (Å²) in [5.74, 6) is 0.500. The average molecular weight is 491 g/mol. The van der Waals surface area contributed by atoms with Gasteiger partial charge in [0.25, 0.3) is 0 Å². The van der Waals surface area contributed by atoms with E-state index in [1.165, 1.54) is 81.4 Å². The predicted molar refractivity (Wildman–Crippen MR) is 153 cm³/mol. The maximum absolute atomic E-state index is 12.7. The first kappa shape index (κ1) is 28.0. The lowest BCUT2D eigenvalue weighted by atomic mass is 10.0. The van der Waals surface area contributed by atoms with E-state index in [9.17, 15) is 4.79 Å². The quantitative estimate of drug-likeness (QED) is 0.101. The summed E-state index contributed by atoms with van der Waals surface area (Å²) in [7, 11) is 0. The first-order valence-electron chi connectivity index (χ1n) is 14.5. The molecule has 3 heteroatoms. The third-order valence-electron chi connectivity index (χ3n) is 7.10. The number of hydrogen-bond acceptors (Lipinski definition) is 3. The molecule has 3 rings (SSSR count). The number of hydrogen-bond donors (Lipinski definition) is 0. The minimum atomic E-state index is -0.560. The molecule has 0 saturated carbocycles. The van der Waals surface area contributed by atoms with Crippen molar-refractivity contribution in [3.63, 3.8) is 0 Å². The van der Waals surface area contributed by atoms with Crippen LogP contribution in [0.5, 0.6) is 5.75 Å². The molecule has 196 valence electrons. The Morgan fingerprint density at radius 3 is 1.83 bits per heavy atom. The van der Waals surface area contributed by atoms with E-state index in [1.807, 2.05) is 25.1 Å². The van der Waals surface area contributed by atoms with E-state index >= 15 is 0 Å². The summed E-state index contributed by atoms with van der Waals surface area (Å²) >= 11 is 0. The Morgan fingerprint density at radius 1 is 0.667 bits per heavy atom. The van der Waals surface area contributed by atoms with Gasteiger partial charge >= 0.3 is 5.97 Å². The third kappa shape index (κ3) is 9.15. The highest BCUT2D eigenvalue weighted by atomic mass is 16.6. The standard InChI is InChI=1S/C33H46O3/c1-3-5-6-7-8-9-10-11-12-13-14-15-16-23-32(33(34)35-4-2)36-31-24-19-22-29-25-27-20-17-18-21-28(27)26-30(29)31/h17-22,24-26,32H,3-16,23H2,1-2H3. The van der Waals surface area contributed by atoms with Crippen molar-refractivity contribution in [1.82, 2.24) is 0 Å². The van der Waals surface area contributed by atoms with Crippen molar-refractivity contribution in [2.24, 2.45) is 0 Å². The normalized spacial score (nSPS) is 12.2. The molecule has 0 bridgehead atoms. The monoisotopic (exact) mass is 490 g/mol. The Bertz CT molecular complexity index is 1040. The Kier molecular flexibility index (Phi) is 12.6. The highest BCUT2D eigenvalue weighted by Gasteiger charge is 2.22. The molecule has 0 amide bonds. The fourth-order valence-electron chi connectivity index (χ4n) is 5.00. The van der Waals surface area contributed by atoms with E-state index in [1.54, 1.807) is 0 Å². The summed E-state index contributed by atoms with van der Waals surface area (Å²) in [4.78, 5) is 12.7. The smallest absolute Gasteiger partial charge is 0.347 e. The Hall–Kier alpha value is -2.55. The lowest BCUT2D eigenvalue weighted by Crippen LogP contribution is -2.29. The van der Waals surface area contributed by atoms with Crippen LogP contribution in [0.3, 0.4) is 0 Å². The van der Waals surface area contributed by atoms with Crippen molar-refractivity contribution in [3.8, 4) is 5.75 Å². The van der Waals surface area contributed by atoms with Gasteiger partial charge in [-0.3, -0.25) is 0 Å². The molecule has 1 atom stereocenters. The largest absolute Gasteiger partial charge is 0.478 e. The summed E-state index contributed by atoms with van der Waals surface area (Å²) in [5, 5.41) is 4.53. The molecule has 0 spiro atoms. The molecule has 3 aromatic carbocycles. The number of carbonyl (C=O) groups is 1. The third-order valence-corrected chi connectivity index (χ3v) is 7.10. The van der Waals surface area contributed by atoms with E-state index in [-0.39, 0.29) is 5.97 Å². The molecule has 0 aliphatic carbocycles. The fourth-order valence-corrected chi connectivity index (χ4v) is 5.00. The van der Waals surface area contributed by atoms with E-state index < -0.39 is 6.10 Å². The molecule has 0 aliphatic heterocycles. The van der Waals surface area contributed by atoms with Crippen molar-refractivity contribution >= 4 is 27.5 Å². The van der Waals surface area contributed by atoms with E-state index in [0.29, 0.717) is 13.0 Å². The number of ether oxygens (including phenoxy) is 2. The molecule has 0 heterocycles. The number of rotatable bonds is 18. The number of carbonyl (C=O) groups excluding carboxylic acids is 1. The van der Waals surface area contributed by atoms with Crippen LogP contribution in [0.4, 0.5) is 0 Å². The zero-order valence-corrected chi connectivity index (χ0v) is 22.6. The van der Waals surface area contributed by atoms with Crippen LogP contribution in [0.1, 0.15) is 104 Å². The van der Waals surface area contributed by atoms with Gasteiger partial charge in [0.2, 0.25) is 0 Å². The molecular formula is C33H46O3. The molecule has 0 radical (unpaired) electrons. The van der Waals surface area contributed by atoms with Gasteiger partial charge in [-0.05, 0) is 54.1 Å². The SMILES string of the molecule is CCCCCCCCCCCCCCCC(Oc1cccc2cc3ccccc3cc12)C(=O)OCC. The van der Waals surface area contributed by atoms with E-state index in [4.69, 9.17) is 9.47 Å². The first-order valence-corrected chi connectivity index (χ1v) is 14.5. The van der Waals surface area contributed by atoms with Crippen molar-refractivity contribution in [3.05, 3.63) is 54.6 Å². The van der Waals surface area contributed by atoms with Gasteiger partial charge in [0.1, 0.15) is 5.75 Å². The van der Waals surface area contributed by atoms with Gasteiger partial charge in [-0.1, -0.05) is 120 Å². The second-order valence-electron chi connectivity index (χ2n) is 10.1. The molecule has 3 aromatic rings. The zero-order chi connectivity index (χ0) is 25.4. The van der Waals surface area contributed by atoms with Gasteiger partial charge in [-0.25, -0.2) is 4.79 Å². The second kappa shape index (κ2) is 16.2. The molecule has 0 N–H and O–H groups in total. The minimum absolute atomic E-state index is 0.255. The van der Waals surface area contributed by atoms with Crippen LogP contribution in [0.15, 0.2) is 54.6 Å². The zero-order valence-electron chi connectivity index (χ0n) is 22.6. The predicted octanol–water partition coefficient (Wildman–Crippen LogP) is 9.78. The fraction of sp³-hybridized carbons (Fsp3) is 0.545. The van der Waals surface area contributed by atoms with Gasteiger partial charge < -0.3 is 9.47 Å². The van der Waals surface area contributed by atoms with Crippen molar-refractivity contribution < 1.29 is 14.3 Å². The van der Waals surface area contributed by atoms with Gasteiger partial charge in [-0.15, -0.1) is 0 Å². The molecule has 0 fully saturated rings. The van der Waals surface area contributed by atoms with E-state index in [2.05, 4.69) is 43.3 Å². The van der Waals surface area contributed by atoms with Crippen LogP contribution >= 0.6 is 0 Å². The molecule has 3 nitrogen and oxygen atoms in total. The average Bonchev–Trinajstić information content (AvgIpc) is 2.89. The lowest BCUT2D eigenvalue weighted by molar-refractivity contribution is -0.151. The minimum Gasteiger partial charge on any atom is -0.478 e.